The number of hydrogen-bond donors (Lipinski definition) is 3. The maximum Gasteiger partial charge on any atom is 0.151 e. The summed E-state index contributed by atoms with van der Waals surface area (Å²) in [7, 11) is 0. The molecule has 0 spiro atoms. The summed E-state index contributed by atoms with van der Waals surface area (Å²) in [5.41, 5.74) is 18.2. The highest BCUT2D eigenvalue weighted by molar-refractivity contribution is 5.58. The summed E-state index contributed by atoms with van der Waals surface area (Å²) < 4.78 is 15.0. The number of anilines is 2. The zero-order valence-electron chi connectivity index (χ0n) is 9.94. The van der Waals surface area contributed by atoms with Gasteiger partial charge in [-0.25, -0.2) is 9.07 Å². The van der Waals surface area contributed by atoms with Crippen LogP contribution in [0.4, 0.5) is 16.0 Å². The van der Waals surface area contributed by atoms with E-state index in [1.807, 2.05) is 0 Å². The van der Waals surface area contributed by atoms with Crippen LogP contribution in [-0.2, 0) is 6.42 Å². The number of para-hydroxylation sites is 1. The summed E-state index contributed by atoms with van der Waals surface area (Å²) >= 11 is 0. The molecule has 0 saturated carbocycles. The molecule has 18 heavy (non-hydrogen) atoms. The molecule has 0 aliphatic carbocycles. The zero-order chi connectivity index (χ0) is 13.1. The number of halogens is 1. The van der Waals surface area contributed by atoms with E-state index in [4.69, 9.17) is 17.2 Å². The standard InChI is InChI=1S/C12H16FN5/c13-9-5-1-2-6-10(9)18-12(16)8(4-3-7-14)11(15)17-18/h1-2,5-6H,3-4,7,14,16H2,(H2,15,17). The zero-order valence-corrected chi connectivity index (χ0v) is 9.94. The lowest BCUT2D eigenvalue weighted by molar-refractivity contribution is 0.612. The average molecular weight is 249 g/mol. The number of hydrogen-bond acceptors (Lipinski definition) is 4. The summed E-state index contributed by atoms with van der Waals surface area (Å²) in [5.74, 6) is 0.298. The molecule has 2 aromatic rings. The predicted octanol–water partition coefficient (Wildman–Crippen LogP) is 1.07. The number of nitrogen functional groups attached to an aromatic ring is 2. The third-order valence-electron chi connectivity index (χ3n) is 2.77. The minimum atomic E-state index is -0.392. The van der Waals surface area contributed by atoms with Crippen LogP contribution in [0.2, 0.25) is 0 Å². The topological polar surface area (TPSA) is 95.9 Å². The fourth-order valence-corrected chi connectivity index (χ4v) is 1.82. The lowest BCUT2D eigenvalue weighted by Crippen LogP contribution is -2.06. The van der Waals surface area contributed by atoms with Crippen molar-refractivity contribution in [1.29, 1.82) is 0 Å². The van der Waals surface area contributed by atoms with Gasteiger partial charge in [-0.2, -0.15) is 0 Å². The van der Waals surface area contributed by atoms with Gasteiger partial charge in [0.2, 0.25) is 0 Å². The molecular formula is C12H16FN5. The summed E-state index contributed by atoms with van der Waals surface area (Å²) in [6.07, 6.45) is 1.40. The van der Waals surface area contributed by atoms with Crippen molar-refractivity contribution in [2.75, 3.05) is 18.0 Å². The van der Waals surface area contributed by atoms with Crippen LogP contribution in [0, 0.1) is 5.82 Å². The number of aromatic nitrogens is 2. The molecule has 0 aliphatic rings. The van der Waals surface area contributed by atoms with Gasteiger partial charge in [0, 0.05) is 5.56 Å². The molecule has 0 saturated heterocycles. The van der Waals surface area contributed by atoms with Gasteiger partial charge in [-0.15, -0.1) is 5.10 Å². The van der Waals surface area contributed by atoms with E-state index < -0.39 is 5.82 Å². The Balaban J connectivity index is 2.44. The van der Waals surface area contributed by atoms with E-state index in [1.54, 1.807) is 18.2 Å². The molecule has 0 fully saturated rings. The lowest BCUT2D eigenvalue weighted by Gasteiger charge is -2.05. The summed E-state index contributed by atoms with van der Waals surface area (Å²) in [6, 6.07) is 6.28. The Bertz CT molecular complexity index is 549. The molecule has 0 radical (unpaired) electrons. The quantitative estimate of drug-likeness (QED) is 0.755. The molecule has 96 valence electrons. The van der Waals surface area contributed by atoms with E-state index in [2.05, 4.69) is 5.10 Å². The summed E-state index contributed by atoms with van der Waals surface area (Å²) in [4.78, 5) is 0. The Morgan fingerprint density at radius 1 is 1.22 bits per heavy atom. The minimum Gasteiger partial charge on any atom is -0.383 e. The van der Waals surface area contributed by atoms with Crippen LogP contribution < -0.4 is 17.2 Å². The molecule has 0 unspecified atom stereocenters. The Kier molecular flexibility index (Phi) is 3.47. The highest BCUT2D eigenvalue weighted by atomic mass is 19.1. The van der Waals surface area contributed by atoms with E-state index >= 15 is 0 Å². The first-order valence-corrected chi connectivity index (χ1v) is 5.73. The highest BCUT2D eigenvalue weighted by Gasteiger charge is 2.15. The van der Waals surface area contributed by atoms with Gasteiger partial charge in [0.15, 0.2) is 5.82 Å². The van der Waals surface area contributed by atoms with Crippen LogP contribution in [-0.4, -0.2) is 16.3 Å². The van der Waals surface area contributed by atoms with Crippen molar-refractivity contribution in [2.24, 2.45) is 5.73 Å². The van der Waals surface area contributed by atoms with Crippen molar-refractivity contribution < 1.29 is 4.39 Å². The largest absolute Gasteiger partial charge is 0.383 e. The van der Waals surface area contributed by atoms with Crippen molar-refractivity contribution in [3.05, 3.63) is 35.6 Å². The first-order valence-electron chi connectivity index (χ1n) is 5.73. The molecule has 1 heterocycles. The smallest absolute Gasteiger partial charge is 0.151 e. The molecule has 0 aliphatic heterocycles. The van der Waals surface area contributed by atoms with Gasteiger partial charge in [-0.3, -0.25) is 0 Å². The summed E-state index contributed by atoms with van der Waals surface area (Å²) in [5, 5.41) is 4.08. The van der Waals surface area contributed by atoms with E-state index in [0.29, 0.717) is 30.3 Å². The first kappa shape index (κ1) is 12.4. The van der Waals surface area contributed by atoms with E-state index in [1.165, 1.54) is 10.7 Å². The van der Waals surface area contributed by atoms with Gasteiger partial charge in [0.05, 0.1) is 0 Å². The lowest BCUT2D eigenvalue weighted by atomic mass is 10.1. The van der Waals surface area contributed by atoms with Gasteiger partial charge in [0.1, 0.15) is 17.3 Å². The van der Waals surface area contributed by atoms with Gasteiger partial charge >= 0.3 is 0 Å². The van der Waals surface area contributed by atoms with Gasteiger partial charge in [-0.05, 0) is 31.5 Å². The monoisotopic (exact) mass is 249 g/mol. The van der Waals surface area contributed by atoms with Crippen LogP contribution in [0.1, 0.15) is 12.0 Å². The Morgan fingerprint density at radius 3 is 2.61 bits per heavy atom. The highest BCUT2D eigenvalue weighted by Crippen LogP contribution is 2.25. The molecule has 1 aromatic heterocycles. The van der Waals surface area contributed by atoms with Gasteiger partial charge < -0.3 is 17.2 Å². The SMILES string of the molecule is NCCCc1c(N)nn(-c2ccccc2F)c1N. The summed E-state index contributed by atoms with van der Waals surface area (Å²) in [6.45, 7) is 0.545. The number of benzene rings is 1. The fraction of sp³-hybridized carbons (Fsp3) is 0.250. The van der Waals surface area contributed by atoms with Crippen LogP contribution >= 0.6 is 0 Å². The normalized spacial score (nSPS) is 10.8. The Hall–Kier alpha value is -2.08. The number of nitrogens with two attached hydrogens (primary N) is 3. The van der Waals surface area contributed by atoms with Crippen molar-refractivity contribution in [3.63, 3.8) is 0 Å². The third-order valence-corrected chi connectivity index (χ3v) is 2.77. The second kappa shape index (κ2) is 5.05. The van der Waals surface area contributed by atoms with Crippen molar-refractivity contribution >= 4 is 11.6 Å². The van der Waals surface area contributed by atoms with E-state index in [9.17, 15) is 4.39 Å². The minimum absolute atomic E-state index is 0.292. The van der Waals surface area contributed by atoms with Crippen molar-refractivity contribution in [3.8, 4) is 5.69 Å². The van der Waals surface area contributed by atoms with Gasteiger partial charge in [0.25, 0.3) is 0 Å². The Morgan fingerprint density at radius 2 is 1.94 bits per heavy atom. The second-order valence-electron chi connectivity index (χ2n) is 4.00. The predicted molar refractivity (Wildman–Crippen MR) is 69.7 cm³/mol. The molecule has 0 amide bonds. The third kappa shape index (κ3) is 2.14. The molecule has 2 rings (SSSR count). The van der Waals surface area contributed by atoms with Gasteiger partial charge in [-0.1, -0.05) is 12.1 Å². The van der Waals surface area contributed by atoms with E-state index in [-0.39, 0.29) is 0 Å². The van der Waals surface area contributed by atoms with Crippen molar-refractivity contribution in [2.45, 2.75) is 12.8 Å². The maximum absolute atomic E-state index is 13.7. The fourth-order valence-electron chi connectivity index (χ4n) is 1.82. The van der Waals surface area contributed by atoms with Crippen LogP contribution in [0.15, 0.2) is 24.3 Å². The van der Waals surface area contributed by atoms with Crippen LogP contribution in [0.3, 0.4) is 0 Å². The van der Waals surface area contributed by atoms with Crippen molar-refractivity contribution in [1.82, 2.24) is 9.78 Å². The molecule has 1 aromatic carbocycles. The molecule has 0 bridgehead atoms. The maximum atomic E-state index is 13.7. The second-order valence-corrected chi connectivity index (χ2v) is 4.00. The molecule has 0 atom stereocenters. The first-order chi connectivity index (χ1) is 8.65. The number of nitrogens with zero attached hydrogens (tertiary/aromatic N) is 2. The molecule has 5 nitrogen and oxygen atoms in total. The van der Waals surface area contributed by atoms with Crippen LogP contribution in [0.5, 0.6) is 0 Å². The molecule has 6 heteroatoms. The molecular weight excluding hydrogens is 233 g/mol. The molecule has 6 N–H and O–H groups in total. The van der Waals surface area contributed by atoms with E-state index in [0.717, 1.165) is 12.0 Å². The Labute approximate surface area is 104 Å². The number of rotatable bonds is 4. The van der Waals surface area contributed by atoms with Crippen LogP contribution in [0.25, 0.3) is 5.69 Å². The average Bonchev–Trinajstić information content (AvgIpc) is 2.63.